The third-order valence-electron chi connectivity index (χ3n) is 3.06. The highest BCUT2D eigenvalue weighted by molar-refractivity contribution is 9.10. The molecule has 23 heavy (non-hydrogen) atoms. The van der Waals surface area contributed by atoms with E-state index in [9.17, 15) is 9.59 Å². The SMILES string of the molecule is O=C(N/N=C\c1cccc(Br)c1)c1nc2ccccc2c(=O)[nH]1. The number of H-pyrrole nitrogens is 1. The van der Waals surface area contributed by atoms with Gasteiger partial charge in [-0.2, -0.15) is 5.10 Å². The molecular formula is C16H11BrN4O2. The van der Waals surface area contributed by atoms with E-state index in [4.69, 9.17) is 0 Å². The lowest BCUT2D eigenvalue weighted by molar-refractivity contribution is 0.0945. The number of benzene rings is 2. The van der Waals surface area contributed by atoms with E-state index >= 15 is 0 Å². The van der Waals surface area contributed by atoms with Gasteiger partial charge in [-0.15, -0.1) is 0 Å². The minimum Gasteiger partial charge on any atom is -0.302 e. The predicted octanol–water partition coefficient (Wildman–Crippen LogP) is 2.45. The van der Waals surface area contributed by atoms with Crippen molar-refractivity contribution < 1.29 is 4.79 Å². The first-order chi connectivity index (χ1) is 11.1. The molecule has 1 heterocycles. The monoisotopic (exact) mass is 370 g/mol. The van der Waals surface area contributed by atoms with Gasteiger partial charge in [-0.3, -0.25) is 9.59 Å². The molecule has 0 fully saturated rings. The molecule has 0 unspecified atom stereocenters. The zero-order valence-corrected chi connectivity index (χ0v) is 13.4. The summed E-state index contributed by atoms with van der Waals surface area (Å²) in [6.45, 7) is 0. The lowest BCUT2D eigenvalue weighted by Crippen LogP contribution is -2.24. The van der Waals surface area contributed by atoms with Gasteiger partial charge in [0.15, 0.2) is 0 Å². The maximum Gasteiger partial charge on any atom is 0.307 e. The van der Waals surface area contributed by atoms with E-state index in [-0.39, 0.29) is 11.4 Å². The molecule has 114 valence electrons. The highest BCUT2D eigenvalue weighted by Gasteiger charge is 2.10. The molecule has 1 amide bonds. The zero-order valence-electron chi connectivity index (χ0n) is 11.8. The summed E-state index contributed by atoms with van der Waals surface area (Å²) in [5.41, 5.74) is 3.25. The fourth-order valence-corrected chi connectivity index (χ4v) is 2.42. The minimum atomic E-state index is -0.584. The Hall–Kier alpha value is -2.80. The molecular weight excluding hydrogens is 360 g/mol. The number of aromatic amines is 1. The van der Waals surface area contributed by atoms with Gasteiger partial charge in [-0.05, 0) is 29.8 Å². The average Bonchev–Trinajstić information content (AvgIpc) is 2.55. The molecule has 0 saturated heterocycles. The molecule has 0 bridgehead atoms. The number of rotatable bonds is 3. The van der Waals surface area contributed by atoms with Gasteiger partial charge in [0.2, 0.25) is 5.82 Å². The summed E-state index contributed by atoms with van der Waals surface area (Å²) < 4.78 is 0.910. The summed E-state index contributed by atoms with van der Waals surface area (Å²) in [4.78, 5) is 30.5. The number of halogens is 1. The predicted molar refractivity (Wildman–Crippen MR) is 91.6 cm³/mol. The van der Waals surface area contributed by atoms with Crippen LogP contribution in [0.2, 0.25) is 0 Å². The lowest BCUT2D eigenvalue weighted by Gasteiger charge is -2.01. The first kappa shape index (κ1) is 15.1. The van der Waals surface area contributed by atoms with Crippen molar-refractivity contribution in [3.05, 3.63) is 74.7 Å². The van der Waals surface area contributed by atoms with Crippen LogP contribution in [0.1, 0.15) is 16.2 Å². The van der Waals surface area contributed by atoms with Crippen molar-refractivity contribution in [2.75, 3.05) is 0 Å². The maximum atomic E-state index is 12.0. The van der Waals surface area contributed by atoms with Gasteiger partial charge in [-0.25, -0.2) is 10.4 Å². The summed E-state index contributed by atoms with van der Waals surface area (Å²) >= 11 is 3.35. The van der Waals surface area contributed by atoms with E-state index in [2.05, 4.69) is 36.4 Å². The van der Waals surface area contributed by atoms with Crippen molar-refractivity contribution in [2.24, 2.45) is 5.10 Å². The van der Waals surface area contributed by atoms with E-state index in [0.717, 1.165) is 10.0 Å². The van der Waals surface area contributed by atoms with E-state index in [1.807, 2.05) is 24.3 Å². The molecule has 2 N–H and O–H groups in total. The Morgan fingerprint density at radius 2 is 2.04 bits per heavy atom. The normalized spacial score (nSPS) is 11.0. The number of aromatic nitrogens is 2. The van der Waals surface area contributed by atoms with Crippen LogP contribution in [0.25, 0.3) is 10.9 Å². The summed E-state index contributed by atoms with van der Waals surface area (Å²) in [7, 11) is 0. The van der Waals surface area contributed by atoms with Crippen LogP contribution in [0, 0.1) is 0 Å². The Labute approximate surface area is 139 Å². The molecule has 6 nitrogen and oxygen atoms in total. The second-order valence-corrected chi connectivity index (χ2v) is 5.60. The molecule has 0 aliphatic carbocycles. The van der Waals surface area contributed by atoms with Crippen molar-refractivity contribution in [3.8, 4) is 0 Å². The van der Waals surface area contributed by atoms with Crippen LogP contribution >= 0.6 is 15.9 Å². The van der Waals surface area contributed by atoms with E-state index in [1.54, 1.807) is 24.3 Å². The molecule has 0 aliphatic heterocycles. The van der Waals surface area contributed by atoms with Crippen LogP contribution in [0.15, 0.2) is 62.9 Å². The molecule has 0 saturated carbocycles. The van der Waals surface area contributed by atoms with Crippen LogP contribution in [0.3, 0.4) is 0 Å². The third kappa shape index (κ3) is 3.51. The molecule has 3 rings (SSSR count). The zero-order chi connectivity index (χ0) is 16.2. The molecule has 7 heteroatoms. The Balaban J connectivity index is 1.80. The highest BCUT2D eigenvalue weighted by atomic mass is 79.9. The number of fused-ring (bicyclic) bond motifs is 1. The van der Waals surface area contributed by atoms with Crippen molar-refractivity contribution in [1.29, 1.82) is 0 Å². The van der Waals surface area contributed by atoms with Gasteiger partial charge in [0.05, 0.1) is 17.1 Å². The Morgan fingerprint density at radius 3 is 2.87 bits per heavy atom. The maximum absolute atomic E-state index is 12.0. The van der Waals surface area contributed by atoms with Gasteiger partial charge in [-0.1, -0.05) is 40.2 Å². The van der Waals surface area contributed by atoms with Gasteiger partial charge in [0.1, 0.15) is 0 Å². The minimum absolute atomic E-state index is 0.0832. The summed E-state index contributed by atoms with van der Waals surface area (Å²) in [5, 5.41) is 4.29. The molecule has 0 radical (unpaired) electrons. The number of hydrazone groups is 1. The summed E-state index contributed by atoms with van der Waals surface area (Å²) in [6, 6.07) is 14.3. The summed E-state index contributed by atoms with van der Waals surface area (Å²) in [6.07, 6.45) is 1.50. The number of nitrogens with zero attached hydrogens (tertiary/aromatic N) is 2. The first-order valence-electron chi connectivity index (χ1n) is 6.71. The van der Waals surface area contributed by atoms with Crippen molar-refractivity contribution in [3.63, 3.8) is 0 Å². The van der Waals surface area contributed by atoms with Crippen molar-refractivity contribution in [2.45, 2.75) is 0 Å². The van der Waals surface area contributed by atoms with Crippen LogP contribution in [-0.4, -0.2) is 22.1 Å². The van der Waals surface area contributed by atoms with E-state index in [0.29, 0.717) is 10.9 Å². The van der Waals surface area contributed by atoms with Crippen LogP contribution in [0.4, 0.5) is 0 Å². The standard InChI is InChI=1S/C16H11BrN4O2/c17-11-5-3-4-10(8-11)9-18-21-16(23)14-19-13-7-2-1-6-12(13)15(22)20-14/h1-9H,(H,21,23)(H,19,20,22)/b18-9-. The largest absolute Gasteiger partial charge is 0.307 e. The quantitative estimate of drug-likeness (QED) is 0.548. The van der Waals surface area contributed by atoms with Crippen molar-refractivity contribution >= 4 is 39.0 Å². The van der Waals surface area contributed by atoms with E-state index < -0.39 is 5.91 Å². The molecule has 1 aromatic heterocycles. The van der Waals surface area contributed by atoms with Crippen LogP contribution < -0.4 is 11.0 Å². The Morgan fingerprint density at radius 1 is 1.22 bits per heavy atom. The first-order valence-corrected chi connectivity index (χ1v) is 7.51. The number of hydrogen-bond donors (Lipinski definition) is 2. The molecule has 0 atom stereocenters. The van der Waals surface area contributed by atoms with Gasteiger partial charge < -0.3 is 4.98 Å². The smallest absolute Gasteiger partial charge is 0.302 e. The van der Waals surface area contributed by atoms with Gasteiger partial charge in [0, 0.05) is 4.47 Å². The topological polar surface area (TPSA) is 87.2 Å². The number of para-hydroxylation sites is 1. The fourth-order valence-electron chi connectivity index (χ4n) is 2.00. The van der Waals surface area contributed by atoms with Crippen LogP contribution in [0.5, 0.6) is 0 Å². The number of amides is 1. The highest BCUT2D eigenvalue weighted by Crippen LogP contribution is 2.10. The molecule has 3 aromatic rings. The molecule has 0 aliphatic rings. The van der Waals surface area contributed by atoms with Crippen molar-refractivity contribution in [1.82, 2.24) is 15.4 Å². The number of nitrogens with one attached hydrogen (secondary N) is 2. The second kappa shape index (κ2) is 6.53. The lowest BCUT2D eigenvalue weighted by atomic mass is 10.2. The van der Waals surface area contributed by atoms with Crippen LogP contribution in [-0.2, 0) is 0 Å². The average molecular weight is 371 g/mol. The number of hydrogen-bond acceptors (Lipinski definition) is 4. The summed E-state index contributed by atoms with van der Waals surface area (Å²) in [5.74, 6) is -0.667. The number of carbonyl (C=O) groups excluding carboxylic acids is 1. The fraction of sp³-hybridized carbons (Fsp3) is 0. The third-order valence-corrected chi connectivity index (χ3v) is 3.55. The van der Waals surface area contributed by atoms with E-state index in [1.165, 1.54) is 6.21 Å². The Kier molecular flexibility index (Phi) is 4.29. The van der Waals surface area contributed by atoms with Gasteiger partial charge >= 0.3 is 5.91 Å². The second-order valence-electron chi connectivity index (χ2n) is 4.69. The number of carbonyl (C=O) groups is 1. The molecule has 0 spiro atoms. The van der Waals surface area contributed by atoms with Gasteiger partial charge in [0.25, 0.3) is 5.56 Å². The molecule has 2 aromatic carbocycles. The Bertz CT molecular complexity index is 965.